The van der Waals surface area contributed by atoms with Crippen LogP contribution >= 0.6 is 39.9 Å². The lowest BCUT2D eigenvalue weighted by atomic mass is 10.1. The Labute approximate surface area is 174 Å². The van der Waals surface area contributed by atoms with E-state index < -0.39 is 0 Å². The maximum absolute atomic E-state index is 5.99. The Kier molecular flexibility index (Phi) is 8.51. The van der Waals surface area contributed by atoms with E-state index in [1.807, 2.05) is 38.1 Å². The maximum Gasteiger partial charge on any atom is 0.193 e. The zero-order chi connectivity index (χ0) is 17.7. The normalized spacial score (nSPS) is 10.8. The van der Waals surface area contributed by atoms with Crippen molar-refractivity contribution in [2.24, 2.45) is 10.7 Å². The number of benzene rings is 2. The number of aryl methyl sites for hydroxylation is 2. The van der Waals surface area contributed by atoms with Crippen LogP contribution in [0.3, 0.4) is 0 Å². The first-order chi connectivity index (χ1) is 11.4. The van der Waals surface area contributed by atoms with Crippen LogP contribution in [-0.2, 0) is 6.54 Å². The van der Waals surface area contributed by atoms with E-state index in [0.717, 1.165) is 15.7 Å². The molecule has 0 aliphatic carbocycles. The molecule has 0 aliphatic rings. The monoisotopic (exact) mass is 519 g/mol. The number of nitrogens with two attached hydrogens (primary N) is 1. The summed E-state index contributed by atoms with van der Waals surface area (Å²) in [6, 6.07) is 10.00. The number of methoxy groups -OCH3 is 2. The van der Waals surface area contributed by atoms with E-state index in [2.05, 4.69) is 32.3 Å². The predicted molar refractivity (Wildman–Crippen MR) is 118 cm³/mol. The molecule has 136 valence electrons. The fraction of sp³-hybridized carbons (Fsp3) is 0.278. The number of halogens is 2. The van der Waals surface area contributed by atoms with E-state index in [1.54, 1.807) is 14.2 Å². The SMILES string of the molecule is COc1cc(CN=C(N)Nc2cc(C)cc(C)c2)cc(Br)c1OC.I. The van der Waals surface area contributed by atoms with Gasteiger partial charge in [0.2, 0.25) is 0 Å². The number of guanidine groups is 1. The number of hydrogen-bond acceptors (Lipinski definition) is 3. The number of anilines is 1. The summed E-state index contributed by atoms with van der Waals surface area (Å²) in [4.78, 5) is 4.39. The molecule has 7 heteroatoms. The van der Waals surface area contributed by atoms with Gasteiger partial charge in [0.25, 0.3) is 0 Å². The molecular formula is C18H23BrIN3O2. The molecule has 0 radical (unpaired) electrons. The minimum absolute atomic E-state index is 0. The standard InChI is InChI=1S/C18H22BrN3O2.HI/c1-11-5-12(2)7-14(6-11)22-18(20)21-10-13-8-15(19)17(24-4)16(9-13)23-3;/h5-9H,10H2,1-4H3,(H3,20,21,22);1H. The Hall–Kier alpha value is -1.48. The third-order valence-electron chi connectivity index (χ3n) is 3.42. The molecule has 0 heterocycles. The molecule has 2 aromatic carbocycles. The molecule has 0 bridgehead atoms. The second-order valence-electron chi connectivity index (χ2n) is 5.52. The van der Waals surface area contributed by atoms with Crippen molar-refractivity contribution in [1.82, 2.24) is 0 Å². The van der Waals surface area contributed by atoms with E-state index in [0.29, 0.717) is 24.0 Å². The maximum atomic E-state index is 5.99. The lowest BCUT2D eigenvalue weighted by molar-refractivity contribution is 0.352. The van der Waals surface area contributed by atoms with E-state index >= 15 is 0 Å². The van der Waals surface area contributed by atoms with Gasteiger partial charge in [-0.2, -0.15) is 0 Å². The van der Waals surface area contributed by atoms with Crippen LogP contribution in [0.25, 0.3) is 0 Å². The third kappa shape index (κ3) is 6.07. The van der Waals surface area contributed by atoms with Gasteiger partial charge in [-0.25, -0.2) is 4.99 Å². The first kappa shape index (κ1) is 21.6. The summed E-state index contributed by atoms with van der Waals surface area (Å²) < 4.78 is 11.5. The Morgan fingerprint density at radius 2 is 1.72 bits per heavy atom. The van der Waals surface area contributed by atoms with Gasteiger partial charge in [0.15, 0.2) is 17.5 Å². The quantitative estimate of drug-likeness (QED) is 0.343. The summed E-state index contributed by atoms with van der Waals surface area (Å²) in [5.74, 6) is 1.68. The van der Waals surface area contributed by atoms with E-state index in [1.165, 1.54) is 11.1 Å². The van der Waals surface area contributed by atoms with Crippen LogP contribution in [0.2, 0.25) is 0 Å². The van der Waals surface area contributed by atoms with Crippen molar-refractivity contribution < 1.29 is 9.47 Å². The fourth-order valence-electron chi connectivity index (χ4n) is 2.47. The Balaban J connectivity index is 0.00000312. The molecule has 0 amide bonds. The molecule has 0 saturated heterocycles. The molecule has 0 saturated carbocycles. The van der Waals surface area contributed by atoms with Crippen LogP contribution in [0, 0.1) is 13.8 Å². The van der Waals surface area contributed by atoms with Crippen molar-refractivity contribution in [3.8, 4) is 11.5 Å². The first-order valence-corrected chi connectivity index (χ1v) is 8.28. The molecule has 25 heavy (non-hydrogen) atoms. The average Bonchev–Trinajstić information content (AvgIpc) is 2.51. The number of rotatable bonds is 5. The molecule has 0 unspecified atom stereocenters. The summed E-state index contributed by atoms with van der Waals surface area (Å²) in [5, 5.41) is 3.12. The fourth-order valence-corrected chi connectivity index (χ4v) is 3.12. The zero-order valence-electron chi connectivity index (χ0n) is 14.7. The second kappa shape index (κ2) is 9.86. The zero-order valence-corrected chi connectivity index (χ0v) is 18.6. The highest BCUT2D eigenvalue weighted by Crippen LogP contribution is 2.36. The van der Waals surface area contributed by atoms with Gasteiger partial charge in [0.05, 0.1) is 25.2 Å². The van der Waals surface area contributed by atoms with Crippen LogP contribution < -0.4 is 20.5 Å². The van der Waals surface area contributed by atoms with Crippen molar-refractivity contribution in [2.75, 3.05) is 19.5 Å². The molecule has 0 atom stereocenters. The summed E-state index contributed by atoms with van der Waals surface area (Å²) in [6.07, 6.45) is 0. The van der Waals surface area contributed by atoms with Gasteiger partial charge in [-0.3, -0.25) is 0 Å². The number of hydrogen-bond donors (Lipinski definition) is 2. The van der Waals surface area contributed by atoms with Crippen molar-refractivity contribution in [3.05, 3.63) is 51.5 Å². The highest BCUT2D eigenvalue weighted by atomic mass is 127. The van der Waals surface area contributed by atoms with Crippen LogP contribution in [0.15, 0.2) is 39.8 Å². The number of nitrogens with zero attached hydrogens (tertiary/aromatic N) is 1. The smallest absolute Gasteiger partial charge is 0.193 e. The van der Waals surface area contributed by atoms with Gasteiger partial charge in [0.1, 0.15) is 0 Å². The lowest BCUT2D eigenvalue weighted by Crippen LogP contribution is -2.22. The highest BCUT2D eigenvalue weighted by molar-refractivity contribution is 14.0. The van der Waals surface area contributed by atoms with E-state index in [9.17, 15) is 0 Å². The van der Waals surface area contributed by atoms with Gasteiger partial charge in [-0.15, -0.1) is 24.0 Å². The van der Waals surface area contributed by atoms with E-state index in [-0.39, 0.29) is 24.0 Å². The van der Waals surface area contributed by atoms with Crippen molar-refractivity contribution in [2.45, 2.75) is 20.4 Å². The van der Waals surface area contributed by atoms with Gasteiger partial charge < -0.3 is 20.5 Å². The van der Waals surface area contributed by atoms with Crippen molar-refractivity contribution in [3.63, 3.8) is 0 Å². The second-order valence-corrected chi connectivity index (χ2v) is 6.37. The van der Waals surface area contributed by atoms with Gasteiger partial charge in [-0.05, 0) is 70.7 Å². The average molecular weight is 520 g/mol. The summed E-state index contributed by atoms with van der Waals surface area (Å²) in [5.41, 5.74) is 10.2. The number of aliphatic imine (C=N–C) groups is 1. The molecule has 0 spiro atoms. The van der Waals surface area contributed by atoms with E-state index in [4.69, 9.17) is 15.2 Å². The van der Waals surface area contributed by atoms with Crippen molar-refractivity contribution >= 4 is 51.6 Å². The molecule has 0 aromatic heterocycles. The van der Waals surface area contributed by atoms with Crippen LogP contribution in [0.4, 0.5) is 5.69 Å². The Morgan fingerprint density at radius 1 is 1.08 bits per heavy atom. The number of nitrogens with one attached hydrogen (secondary N) is 1. The minimum Gasteiger partial charge on any atom is -0.493 e. The number of ether oxygens (including phenoxy) is 2. The molecule has 0 fully saturated rings. The third-order valence-corrected chi connectivity index (χ3v) is 4.01. The van der Waals surface area contributed by atoms with Gasteiger partial charge in [0, 0.05) is 5.69 Å². The molecule has 3 N–H and O–H groups in total. The molecular weight excluding hydrogens is 497 g/mol. The lowest BCUT2D eigenvalue weighted by Gasteiger charge is -2.11. The minimum atomic E-state index is 0. The summed E-state index contributed by atoms with van der Waals surface area (Å²) in [7, 11) is 3.21. The first-order valence-electron chi connectivity index (χ1n) is 7.48. The van der Waals surface area contributed by atoms with Crippen LogP contribution in [0.1, 0.15) is 16.7 Å². The van der Waals surface area contributed by atoms with Crippen LogP contribution in [-0.4, -0.2) is 20.2 Å². The molecule has 2 rings (SSSR count). The topological polar surface area (TPSA) is 68.9 Å². The highest BCUT2D eigenvalue weighted by Gasteiger charge is 2.10. The summed E-state index contributed by atoms with van der Waals surface area (Å²) >= 11 is 3.48. The van der Waals surface area contributed by atoms with Gasteiger partial charge in [-0.1, -0.05) is 6.07 Å². The molecule has 0 aliphatic heterocycles. The van der Waals surface area contributed by atoms with Crippen molar-refractivity contribution in [1.29, 1.82) is 0 Å². The molecule has 2 aromatic rings. The summed E-state index contributed by atoms with van der Waals surface area (Å²) in [6.45, 7) is 4.53. The van der Waals surface area contributed by atoms with Gasteiger partial charge >= 0.3 is 0 Å². The molecule has 5 nitrogen and oxygen atoms in total. The van der Waals surface area contributed by atoms with Crippen LogP contribution in [0.5, 0.6) is 11.5 Å². The largest absolute Gasteiger partial charge is 0.493 e. The predicted octanol–water partition coefficient (Wildman–Crippen LogP) is 4.63. The Morgan fingerprint density at radius 3 is 2.28 bits per heavy atom. The Bertz CT molecular complexity index is 746.